The Morgan fingerprint density at radius 3 is 2.79 bits per heavy atom. The molecule has 0 radical (unpaired) electrons. The molecule has 10 nitrogen and oxygen atoms in total. The van der Waals surface area contributed by atoms with Gasteiger partial charge in [-0.25, -0.2) is 4.39 Å². The Morgan fingerprint density at radius 2 is 2.05 bits per heavy atom. The summed E-state index contributed by atoms with van der Waals surface area (Å²) in [6, 6.07) is 14.0. The minimum Gasteiger partial charge on any atom is -0.462 e. The Labute approximate surface area is 250 Å². The predicted octanol–water partition coefficient (Wildman–Crippen LogP) is 3.02. The molecular weight excluding hydrogens is 549 g/mol. The van der Waals surface area contributed by atoms with Gasteiger partial charge in [0.05, 0.1) is 24.3 Å². The molecule has 3 aliphatic rings. The van der Waals surface area contributed by atoms with Crippen LogP contribution in [0.3, 0.4) is 0 Å². The zero-order chi connectivity index (χ0) is 30.1. The summed E-state index contributed by atoms with van der Waals surface area (Å²) in [6.45, 7) is 8.50. The van der Waals surface area contributed by atoms with Crippen molar-refractivity contribution in [3.63, 3.8) is 0 Å². The van der Waals surface area contributed by atoms with Crippen molar-refractivity contribution >= 4 is 28.2 Å². The lowest BCUT2D eigenvalue weighted by atomic mass is 9.99. The van der Waals surface area contributed by atoms with Crippen LogP contribution in [0.4, 0.5) is 15.9 Å². The average Bonchev–Trinajstić information content (AvgIpc) is 3.56. The zero-order valence-electron chi connectivity index (χ0n) is 24.3. The maximum atomic E-state index is 13.8. The van der Waals surface area contributed by atoms with E-state index >= 15 is 0 Å². The number of hydrogen-bond donors (Lipinski definition) is 2. The Morgan fingerprint density at radius 1 is 1.23 bits per heavy atom. The van der Waals surface area contributed by atoms with Crippen LogP contribution < -0.4 is 19.9 Å². The lowest BCUT2D eigenvalue weighted by Gasteiger charge is -2.43. The SMILES string of the molecule is C=C(F)C(=O)N1CCN(c2nc(OC[C@@H]3CCCN3)nc3c2CCN(c2cccc4cccc(C)c24)C3)C[C@@H]1[C@@H](O)C#N. The summed E-state index contributed by atoms with van der Waals surface area (Å²) in [7, 11) is 0. The average molecular weight is 586 g/mol. The van der Waals surface area contributed by atoms with Crippen molar-refractivity contribution in [3.8, 4) is 12.1 Å². The fraction of sp³-hybridized carbons (Fsp3) is 0.438. The normalized spacial score (nSPS) is 20.9. The molecule has 3 aliphatic heterocycles. The molecule has 0 spiro atoms. The molecule has 2 N–H and O–H groups in total. The first-order valence-corrected chi connectivity index (χ1v) is 14.8. The fourth-order valence-electron chi connectivity index (χ4n) is 6.53. The zero-order valence-corrected chi connectivity index (χ0v) is 24.3. The summed E-state index contributed by atoms with van der Waals surface area (Å²) >= 11 is 0. The Bertz CT molecular complexity index is 1580. The number of aliphatic hydroxyl groups is 1. The van der Waals surface area contributed by atoms with Crippen molar-refractivity contribution < 1.29 is 19.0 Å². The van der Waals surface area contributed by atoms with E-state index in [-0.39, 0.29) is 25.1 Å². The molecule has 2 fully saturated rings. The van der Waals surface area contributed by atoms with Crippen molar-refractivity contribution in [2.75, 3.05) is 49.1 Å². The molecule has 0 unspecified atom stereocenters. The van der Waals surface area contributed by atoms with Crippen LogP contribution in [-0.4, -0.2) is 83.4 Å². The lowest BCUT2D eigenvalue weighted by molar-refractivity contribution is -0.133. The van der Waals surface area contributed by atoms with Gasteiger partial charge in [-0.15, -0.1) is 0 Å². The van der Waals surface area contributed by atoms with E-state index in [1.165, 1.54) is 21.2 Å². The number of nitrogens with one attached hydrogen (secondary N) is 1. The van der Waals surface area contributed by atoms with Crippen molar-refractivity contribution in [2.45, 2.75) is 50.9 Å². The van der Waals surface area contributed by atoms with E-state index in [4.69, 9.17) is 14.7 Å². The Balaban J connectivity index is 1.35. The first-order chi connectivity index (χ1) is 20.8. The number of hydrogen-bond acceptors (Lipinski definition) is 9. The van der Waals surface area contributed by atoms with E-state index < -0.39 is 23.9 Å². The number of rotatable bonds is 7. The maximum absolute atomic E-state index is 13.8. The van der Waals surface area contributed by atoms with Gasteiger partial charge < -0.3 is 29.9 Å². The molecule has 0 aliphatic carbocycles. The monoisotopic (exact) mass is 585 g/mol. The molecule has 3 atom stereocenters. The third-order valence-corrected chi connectivity index (χ3v) is 8.74. The van der Waals surface area contributed by atoms with Crippen LogP contribution in [-0.2, 0) is 17.8 Å². The van der Waals surface area contributed by atoms with E-state index in [1.54, 1.807) is 0 Å². The lowest BCUT2D eigenvalue weighted by Crippen LogP contribution is -2.59. The number of nitrogens with zero attached hydrogens (tertiary/aromatic N) is 6. The maximum Gasteiger partial charge on any atom is 0.318 e. The number of benzene rings is 2. The van der Waals surface area contributed by atoms with Gasteiger partial charge in [-0.05, 0) is 49.7 Å². The minimum absolute atomic E-state index is 0.104. The Hall–Kier alpha value is -4.27. The second-order valence-corrected chi connectivity index (χ2v) is 11.5. The highest BCUT2D eigenvalue weighted by Crippen LogP contribution is 2.36. The van der Waals surface area contributed by atoms with Crippen LogP contribution >= 0.6 is 0 Å². The largest absolute Gasteiger partial charge is 0.462 e. The number of aryl methyl sites for hydroxylation is 1. The van der Waals surface area contributed by atoms with Gasteiger partial charge in [0.2, 0.25) is 0 Å². The first-order valence-electron chi connectivity index (χ1n) is 14.8. The van der Waals surface area contributed by atoms with Crippen molar-refractivity contribution in [3.05, 3.63) is 65.6 Å². The van der Waals surface area contributed by atoms with E-state index in [9.17, 15) is 19.6 Å². The number of piperazine rings is 1. The molecule has 1 amide bonds. The standard InChI is InChI=1S/C32H36FN7O3/c1-20-6-3-7-22-8-4-10-26(29(20)22)38-13-11-24-25(17-38)36-32(43-19-23-9-5-12-35-23)37-30(24)39-14-15-40(31(42)21(2)33)27(18-39)28(41)16-34/h3-4,6-8,10,23,27-28,35,41H,2,5,9,11-15,17-19H2,1H3/t23-,27+,28-/m0/s1. The summed E-state index contributed by atoms with van der Waals surface area (Å²) in [5, 5.41) is 25.8. The molecule has 1 aromatic heterocycles. The molecular formula is C32H36FN7O3. The van der Waals surface area contributed by atoms with Gasteiger partial charge >= 0.3 is 6.01 Å². The molecule has 0 saturated carbocycles. The highest BCUT2D eigenvalue weighted by Gasteiger charge is 2.38. The van der Waals surface area contributed by atoms with E-state index in [0.29, 0.717) is 31.9 Å². The second-order valence-electron chi connectivity index (χ2n) is 11.5. The molecule has 11 heteroatoms. The second kappa shape index (κ2) is 12.1. The predicted molar refractivity (Wildman–Crippen MR) is 162 cm³/mol. The van der Waals surface area contributed by atoms with E-state index in [0.717, 1.165) is 42.9 Å². The third kappa shape index (κ3) is 5.72. The van der Waals surface area contributed by atoms with Gasteiger partial charge in [0.1, 0.15) is 12.4 Å². The fourth-order valence-corrected chi connectivity index (χ4v) is 6.53. The van der Waals surface area contributed by atoms with Crippen LogP contribution in [0.5, 0.6) is 6.01 Å². The smallest absolute Gasteiger partial charge is 0.318 e. The third-order valence-electron chi connectivity index (χ3n) is 8.74. The van der Waals surface area contributed by atoms with Gasteiger partial charge in [0, 0.05) is 48.9 Å². The number of aliphatic hydroxyl groups excluding tert-OH is 1. The number of ether oxygens (including phenoxy) is 1. The van der Waals surface area contributed by atoms with Gasteiger partial charge in [0.25, 0.3) is 5.91 Å². The van der Waals surface area contributed by atoms with Crippen LogP contribution in [0, 0.1) is 18.3 Å². The van der Waals surface area contributed by atoms with Crippen molar-refractivity contribution in [1.29, 1.82) is 5.26 Å². The Kier molecular flexibility index (Phi) is 8.15. The van der Waals surface area contributed by atoms with Gasteiger partial charge in [-0.2, -0.15) is 15.2 Å². The number of anilines is 2. The highest BCUT2D eigenvalue weighted by atomic mass is 19.1. The summed E-state index contributed by atoms with van der Waals surface area (Å²) in [4.78, 5) is 27.7. The minimum atomic E-state index is -1.50. The van der Waals surface area contributed by atoms with E-state index in [1.807, 2.05) is 11.0 Å². The number of nitriles is 1. The molecule has 6 rings (SSSR count). The molecule has 3 aromatic rings. The summed E-state index contributed by atoms with van der Waals surface area (Å²) in [5.41, 5.74) is 4.18. The van der Waals surface area contributed by atoms with Gasteiger partial charge in [0.15, 0.2) is 11.9 Å². The topological polar surface area (TPSA) is 118 Å². The van der Waals surface area contributed by atoms with Gasteiger partial charge in [-0.3, -0.25) is 4.79 Å². The van der Waals surface area contributed by atoms with Crippen LogP contribution in [0.15, 0.2) is 48.8 Å². The molecule has 43 heavy (non-hydrogen) atoms. The van der Waals surface area contributed by atoms with Crippen LogP contribution in [0.25, 0.3) is 10.8 Å². The summed E-state index contributed by atoms with van der Waals surface area (Å²) in [5.74, 6) is -1.38. The molecule has 2 aromatic carbocycles. The molecule has 4 heterocycles. The van der Waals surface area contributed by atoms with Crippen LogP contribution in [0.1, 0.15) is 29.7 Å². The highest BCUT2D eigenvalue weighted by molar-refractivity contribution is 5.97. The van der Waals surface area contributed by atoms with Gasteiger partial charge in [-0.1, -0.05) is 36.9 Å². The van der Waals surface area contributed by atoms with Crippen molar-refractivity contribution in [2.24, 2.45) is 0 Å². The van der Waals surface area contributed by atoms with Crippen molar-refractivity contribution in [1.82, 2.24) is 20.2 Å². The number of carbonyl (C=O) groups excluding carboxylic acids is 1. The number of halogens is 1. The molecule has 0 bridgehead atoms. The van der Waals surface area contributed by atoms with E-state index in [2.05, 4.69) is 60.1 Å². The summed E-state index contributed by atoms with van der Waals surface area (Å²) < 4.78 is 20.0. The number of carbonyl (C=O) groups is 1. The van der Waals surface area contributed by atoms with Crippen LogP contribution in [0.2, 0.25) is 0 Å². The summed E-state index contributed by atoms with van der Waals surface area (Å²) in [6.07, 6.45) is 1.29. The number of fused-ring (bicyclic) bond motifs is 2. The number of amides is 1. The quantitative estimate of drug-likeness (QED) is 0.319. The molecule has 2 saturated heterocycles. The number of aromatic nitrogens is 2. The first kappa shape index (κ1) is 28.8. The molecule has 224 valence electrons.